The number of benzene rings is 2. The highest BCUT2D eigenvalue weighted by atomic mass is 35.5. The Kier molecular flexibility index (Phi) is 3.57. The number of hydrogen-bond acceptors (Lipinski definition) is 4. The van der Waals surface area contributed by atoms with Gasteiger partial charge in [-0.05, 0) is 23.8 Å². The van der Waals surface area contributed by atoms with Crippen molar-refractivity contribution in [3.05, 3.63) is 59.4 Å². The van der Waals surface area contributed by atoms with Crippen LogP contribution < -0.4 is 4.72 Å². The minimum atomic E-state index is -3.56. The van der Waals surface area contributed by atoms with Gasteiger partial charge in [0.15, 0.2) is 12.0 Å². The maximum atomic E-state index is 12.2. The number of anilines is 1. The molecule has 3 rings (SSSR count). The summed E-state index contributed by atoms with van der Waals surface area (Å²) < 4.78 is 32.0. The van der Waals surface area contributed by atoms with Gasteiger partial charge in [-0.2, -0.15) is 0 Å². The number of sulfonamides is 1. The maximum Gasteiger partial charge on any atom is 0.236 e. The van der Waals surface area contributed by atoms with Gasteiger partial charge < -0.3 is 4.42 Å². The number of nitrogens with one attached hydrogen (secondary N) is 1. The van der Waals surface area contributed by atoms with E-state index in [0.717, 1.165) is 0 Å². The van der Waals surface area contributed by atoms with Crippen LogP contribution in [0.4, 0.5) is 5.69 Å². The molecule has 7 heteroatoms. The molecule has 0 aliphatic rings. The van der Waals surface area contributed by atoms with E-state index >= 15 is 0 Å². The highest BCUT2D eigenvalue weighted by Crippen LogP contribution is 2.21. The quantitative estimate of drug-likeness (QED) is 0.798. The topological polar surface area (TPSA) is 72.2 Å². The van der Waals surface area contributed by atoms with Crippen LogP contribution in [0.15, 0.2) is 53.3 Å². The van der Waals surface area contributed by atoms with Gasteiger partial charge in [0.2, 0.25) is 10.0 Å². The third kappa shape index (κ3) is 3.17. The van der Waals surface area contributed by atoms with E-state index in [-0.39, 0.29) is 5.75 Å². The first-order valence-electron chi connectivity index (χ1n) is 6.11. The summed E-state index contributed by atoms with van der Waals surface area (Å²) in [4.78, 5) is 3.97. The second-order valence-corrected chi connectivity index (χ2v) is 6.62. The average molecular weight is 323 g/mol. The van der Waals surface area contributed by atoms with Crippen LogP contribution in [-0.4, -0.2) is 13.4 Å². The van der Waals surface area contributed by atoms with Crippen LogP contribution in [0.5, 0.6) is 0 Å². The molecule has 21 heavy (non-hydrogen) atoms. The first kappa shape index (κ1) is 13.9. The van der Waals surface area contributed by atoms with Gasteiger partial charge in [0.1, 0.15) is 5.52 Å². The Morgan fingerprint density at radius 3 is 2.81 bits per heavy atom. The summed E-state index contributed by atoms with van der Waals surface area (Å²) in [5.74, 6) is -0.193. The standard InChI is InChI=1S/C14H11ClN2O3S/c15-12-4-2-1-3-10(12)8-21(18,19)17-11-5-6-13-14(7-11)20-9-16-13/h1-7,9,17H,8H2. The first-order valence-corrected chi connectivity index (χ1v) is 8.14. The molecule has 1 aromatic heterocycles. The normalized spacial score (nSPS) is 11.7. The van der Waals surface area contributed by atoms with Crippen molar-refractivity contribution in [2.24, 2.45) is 0 Å². The fourth-order valence-electron chi connectivity index (χ4n) is 1.95. The van der Waals surface area contributed by atoms with Crippen LogP contribution in [0, 0.1) is 0 Å². The number of aromatic nitrogens is 1. The number of nitrogens with zero attached hydrogens (tertiary/aromatic N) is 1. The smallest absolute Gasteiger partial charge is 0.236 e. The molecule has 0 bridgehead atoms. The van der Waals surface area contributed by atoms with E-state index in [4.69, 9.17) is 16.0 Å². The largest absolute Gasteiger partial charge is 0.443 e. The van der Waals surface area contributed by atoms with E-state index in [1.165, 1.54) is 6.39 Å². The number of hydrogen-bond donors (Lipinski definition) is 1. The Labute approximate surface area is 126 Å². The van der Waals surface area contributed by atoms with Crippen LogP contribution in [0.1, 0.15) is 5.56 Å². The number of halogens is 1. The van der Waals surface area contributed by atoms with E-state index in [1.54, 1.807) is 42.5 Å². The minimum absolute atomic E-state index is 0.193. The second kappa shape index (κ2) is 5.38. The molecular formula is C14H11ClN2O3S. The second-order valence-electron chi connectivity index (χ2n) is 4.49. The summed E-state index contributed by atoms with van der Waals surface area (Å²) in [7, 11) is -3.56. The molecule has 3 aromatic rings. The average Bonchev–Trinajstić information content (AvgIpc) is 2.88. The molecular weight excluding hydrogens is 312 g/mol. The highest BCUT2D eigenvalue weighted by molar-refractivity contribution is 7.91. The molecule has 0 atom stereocenters. The molecule has 0 saturated carbocycles. The van der Waals surface area contributed by atoms with Gasteiger partial charge in [-0.15, -0.1) is 0 Å². The molecule has 0 aliphatic carbocycles. The van der Waals surface area contributed by atoms with Crippen molar-refractivity contribution in [2.45, 2.75) is 5.75 Å². The van der Waals surface area contributed by atoms with Crippen LogP contribution in [0.2, 0.25) is 5.02 Å². The van der Waals surface area contributed by atoms with Crippen molar-refractivity contribution in [1.82, 2.24) is 4.98 Å². The Hall–Kier alpha value is -2.05. The molecule has 0 amide bonds. The maximum absolute atomic E-state index is 12.2. The zero-order valence-corrected chi connectivity index (χ0v) is 12.4. The molecule has 1 N–H and O–H groups in total. The lowest BCUT2D eigenvalue weighted by Gasteiger charge is -2.09. The summed E-state index contributed by atoms with van der Waals surface area (Å²) in [5, 5.41) is 0.425. The van der Waals surface area contributed by atoms with Crippen molar-refractivity contribution in [1.29, 1.82) is 0 Å². The monoisotopic (exact) mass is 322 g/mol. The molecule has 1 heterocycles. The SMILES string of the molecule is O=S(=O)(Cc1ccccc1Cl)Nc1ccc2ncoc2c1. The van der Waals surface area contributed by atoms with E-state index in [2.05, 4.69) is 9.71 Å². The van der Waals surface area contributed by atoms with E-state index in [0.29, 0.717) is 27.4 Å². The van der Waals surface area contributed by atoms with Crippen LogP contribution in [0.25, 0.3) is 11.1 Å². The molecule has 0 fully saturated rings. The zero-order valence-electron chi connectivity index (χ0n) is 10.8. The summed E-state index contributed by atoms with van der Waals surface area (Å²) in [5.41, 5.74) is 2.16. The fraction of sp³-hybridized carbons (Fsp3) is 0.0714. The fourth-order valence-corrected chi connectivity index (χ4v) is 3.46. The zero-order chi connectivity index (χ0) is 14.9. The summed E-state index contributed by atoms with van der Waals surface area (Å²) >= 11 is 5.98. The van der Waals surface area contributed by atoms with Gasteiger partial charge in [-0.3, -0.25) is 4.72 Å². The number of oxazole rings is 1. The lowest BCUT2D eigenvalue weighted by molar-refractivity contribution is 0.600. The molecule has 0 radical (unpaired) electrons. The number of fused-ring (bicyclic) bond motifs is 1. The first-order chi connectivity index (χ1) is 10.0. The van der Waals surface area contributed by atoms with Crippen molar-refractivity contribution < 1.29 is 12.8 Å². The van der Waals surface area contributed by atoms with E-state index in [9.17, 15) is 8.42 Å². The minimum Gasteiger partial charge on any atom is -0.443 e. The van der Waals surface area contributed by atoms with Crippen LogP contribution in [0.3, 0.4) is 0 Å². The van der Waals surface area contributed by atoms with Gasteiger partial charge in [0.25, 0.3) is 0 Å². The molecule has 0 spiro atoms. The Morgan fingerprint density at radius 1 is 1.19 bits per heavy atom. The predicted molar refractivity (Wildman–Crippen MR) is 81.7 cm³/mol. The lowest BCUT2D eigenvalue weighted by atomic mass is 10.2. The third-order valence-corrected chi connectivity index (χ3v) is 4.51. The van der Waals surface area contributed by atoms with Crippen LogP contribution in [-0.2, 0) is 15.8 Å². The van der Waals surface area contributed by atoms with Gasteiger partial charge in [0, 0.05) is 11.1 Å². The lowest BCUT2D eigenvalue weighted by Crippen LogP contribution is -2.15. The molecule has 0 unspecified atom stereocenters. The van der Waals surface area contributed by atoms with Crippen molar-refractivity contribution in [2.75, 3.05) is 4.72 Å². The van der Waals surface area contributed by atoms with E-state index in [1.807, 2.05) is 0 Å². The van der Waals surface area contributed by atoms with Gasteiger partial charge in [-0.25, -0.2) is 13.4 Å². The molecule has 0 aliphatic heterocycles. The predicted octanol–water partition coefficient (Wildman–Crippen LogP) is 3.42. The third-order valence-electron chi connectivity index (χ3n) is 2.91. The molecule has 2 aromatic carbocycles. The summed E-state index contributed by atoms with van der Waals surface area (Å²) in [6.45, 7) is 0. The summed E-state index contributed by atoms with van der Waals surface area (Å²) in [6.07, 6.45) is 1.31. The van der Waals surface area contributed by atoms with Gasteiger partial charge in [-0.1, -0.05) is 29.8 Å². The highest BCUT2D eigenvalue weighted by Gasteiger charge is 2.14. The van der Waals surface area contributed by atoms with Crippen LogP contribution >= 0.6 is 11.6 Å². The molecule has 0 saturated heterocycles. The van der Waals surface area contributed by atoms with Crippen molar-refractivity contribution >= 4 is 38.4 Å². The molecule has 5 nitrogen and oxygen atoms in total. The van der Waals surface area contributed by atoms with Crippen molar-refractivity contribution in [3.8, 4) is 0 Å². The molecule has 108 valence electrons. The Balaban J connectivity index is 1.84. The Bertz CT molecular complexity index is 890. The van der Waals surface area contributed by atoms with Crippen molar-refractivity contribution in [3.63, 3.8) is 0 Å². The Morgan fingerprint density at radius 2 is 2.00 bits per heavy atom. The van der Waals surface area contributed by atoms with Gasteiger partial charge in [0.05, 0.1) is 11.4 Å². The van der Waals surface area contributed by atoms with Gasteiger partial charge >= 0.3 is 0 Å². The number of rotatable bonds is 4. The summed E-state index contributed by atoms with van der Waals surface area (Å²) in [6, 6.07) is 11.8. The van der Waals surface area contributed by atoms with E-state index < -0.39 is 10.0 Å².